The largest absolute Gasteiger partial charge is 0.324 e. The highest BCUT2D eigenvalue weighted by Crippen LogP contribution is 2.21. The number of aromatic nitrogens is 3. The summed E-state index contributed by atoms with van der Waals surface area (Å²) in [6, 6.07) is 14.9. The summed E-state index contributed by atoms with van der Waals surface area (Å²) in [7, 11) is 0. The van der Waals surface area contributed by atoms with E-state index in [9.17, 15) is 4.79 Å². The maximum Gasteiger partial charge on any atom is 0.256 e. The summed E-state index contributed by atoms with van der Waals surface area (Å²) < 4.78 is 0. The van der Waals surface area contributed by atoms with Gasteiger partial charge in [0.1, 0.15) is 0 Å². The van der Waals surface area contributed by atoms with E-state index in [0.717, 1.165) is 16.9 Å². The highest BCUT2D eigenvalue weighted by atomic mass is 32.1. The Hall–Kier alpha value is -3.58. The van der Waals surface area contributed by atoms with E-state index in [2.05, 4.69) is 25.6 Å². The van der Waals surface area contributed by atoms with Crippen molar-refractivity contribution in [2.75, 3.05) is 10.6 Å². The van der Waals surface area contributed by atoms with Crippen molar-refractivity contribution in [3.8, 4) is 11.3 Å². The molecule has 3 aromatic heterocycles. The summed E-state index contributed by atoms with van der Waals surface area (Å²) in [6.45, 7) is 0. The highest BCUT2D eigenvalue weighted by molar-refractivity contribution is 7.08. The van der Waals surface area contributed by atoms with E-state index in [1.54, 1.807) is 24.7 Å². The minimum atomic E-state index is -0.135. The molecular weight excluding hydrogens is 358 g/mol. The minimum Gasteiger partial charge on any atom is -0.324 e. The smallest absolute Gasteiger partial charge is 0.256 e. The second-order valence-corrected chi connectivity index (χ2v) is 6.45. The van der Waals surface area contributed by atoms with Crippen LogP contribution in [0.15, 0.2) is 77.9 Å². The zero-order valence-corrected chi connectivity index (χ0v) is 15.0. The van der Waals surface area contributed by atoms with E-state index in [-0.39, 0.29) is 5.91 Å². The lowest BCUT2D eigenvalue weighted by Gasteiger charge is -2.09. The molecule has 0 unspecified atom stereocenters. The summed E-state index contributed by atoms with van der Waals surface area (Å²) >= 11 is 1.49. The molecule has 0 fully saturated rings. The van der Waals surface area contributed by atoms with E-state index in [4.69, 9.17) is 0 Å². The summed E-state index contributed by atoms with van der Waals surface area (Å²) in [5.41, 5.74) is 3.89. The van der Waals surface area contributed by atoms with Gasteiger partial charge in [-0.2, -0.15) is 11.3 Å². The van der Waals surface area contributed by atoms with Gasteiger partial charge in [-0.15, -0.1) is 0 Å². The average molecular weight is 373 g/mol. The molecule has 0 atom stereocenters. The average Bonchev–Trinajstić information content (AvgIpc) is 3.24. The fraction of sp³-hybridized carbons (Fsp3) is 0. The SMILES string of the molecule is O=C(Nc1cccc(Nc2nccc(-c3ccncc3)n2)c1)c1ccsc1. The molecule has 1 aromatic carbocycles. The third-order valence-corrected chi connectivity index (χ3v) is 4.47. The van der Waals surface area contributed by atoms with Crippen LogP contribution in [0.2, 0.25) is 0 Å². The zero-order chi connectivity index (χ0) is 18.5. The predicted molar refractivity (Wildman–Crippen MR) is 107 cm³/mol. The molecule has 0 radical (unpaired) electrons. The Morgan fingerprint density at radius 2 is 1.81 bits per heavy atom. The number of benzene rings is 1. The molecular formula is C20H15N5OS. The lowest BCUT2D eigenvalue weighted by atomic mass is 10.2. The van der Waals surface area contributed by atoms with Crippen LogP contribution in [-0.4, -0.2) is 20.9 Å². The van der Waals surface area contributed by atoms with Gasteiger partial charge in [0.25, 0.3) is 5.91 Å². The molecule has 2 N–H and O–H groups in total. The van der Waals surface area contributed by atoms with Crippen molar-refractivity contribution in [1.82, 2.24) is 15.0 Å². The van der Waals surface area contributed by atoms with Crippen LogP contribution in [0.25, 0.3) is 11.3 Å². The van der Waals surface area contributed by atoms with Crippen LogP contribution in [0.1, 0.15) is 10.4 Å². The van der Waals surface area contributed by atoms with Gasteiger partial charge < -0.3 is 10.6 Å². The van der Waals surface area contributed by atoms with E-state index in [1.807, 2.05) is 53.2 Å². The number of nitrogens with zero attached hydrogens (tertiary/aromatic N) is 3. The molecule has 7 heteroatoms. The van der Waals surface area contributed by atoms with Crippen molar-refractivity contribution in [2.45, 2.75) is 0 Å². The topological polar surface area (TPSA) is 79.8 Å². The second-order valence-electron chi connectivity index (χ2n) is 5.67. The van der Waals surface area contributed by atoms with Crippen molar-refractivity contribution in [3.05, 3.63) is 83.4 Å². The first kappa shape index (κ1) is 16.9. The molecule has 4 aromatic rings. The first-order valence-electron chi connectivity index (χ1n) is 8.22. The van der Waals surface area contributed by atoms with Gasteiger partial charge in [-0.3, -0.25) is 9.78 Å². The molecule has 132 valence electrons. The van der Waals surface area contributed by atoms with Crippen molar-refractivity contribution in [3.63, 3.8) is 0 Å². The van der Waals surface area contributed by atoms with Gasteiger partial charge in [-0.25, -0.2) is 9.97 Å². The fourth-order valence-corrected chi connectivity index (χ4v) is 3.14. The Balaban J connectivity index is 1.51. The van der Waals surface area contributed by atoms with E-state index >= 15 is 0 Å². The third-order valence-electron chi connectivity index (χ3n) is 3.79. The van der Waals surface area contributed by atoms with Crippen molar-refractivity contribution in [1.29, 1.82) is 0 Å². The molecule has 3 heterocycles. The number of hydrogen-bond donors (Lipinski definition) is 2. The van der Waals surface area contributed by atoms with Crippen LogP contribution in [0, 0.1) is 0 Å². The van der Waals surface area contributed by atoms with E-state index in [1.165, 1.54) is 11.3 Å². The predicted octanol–water partition coefficient (Wildman–Crippen LogP) is 4.60. The number of carbonyl (C=O) groups is 1. The number of amides is 1. The molecule has 1 amide bonds. The van der Waals surface area contributed by atoms with Gasteiger partial charge in [0.15, 0.2) is 0 Å². The Bertz CT molecular complexity index is 1050. The summed E-state index contributed by atoms with van der Waals surface area (Å²) in [4.78, 5) is 25.0. The van der Waals surface area contributed by atoms with Gasteiger partial charge in [0, 0.05) is 40.9 Å². The summed E-state index contributed by atoms with van der Waals surface area (Å²) in [5.74, 6) is 0.343. The van der Waals surface area contributed by atoms with E-state index < -0.39 is 0 Å². The lowest BCUT2D eigenvalue weighted by Crippen LogP contribution is -2.10. The molecule has 0 saturated carbocycles. The van der Waals surface area contributed by atoms with Crippen LogP contribution < -0.4 is 10.6 Å². The van der Waals surface area contributed by atoms with Gasteiger partial charge in [-0.05, 0) is 47.8 Å². The van der Waals surface area contributed by atoms with Crippen molar-refractivity contribution in [2.24, 2.45) is 0 Å². The Labute approximate surface area is 160 Å². The number of rotatable bonds is 5. The van der Waals surface area contributed by atoms with Gasteiger partial charge in [0.05, 0.1) is 11.3 Å². The molecule has 0 aliphatic heterocycles. The Kier molecular flexibility index (Phi) is 4.84. The van der Waals surface area contributed by atoms with Crippen LogP contribution >= 0.6 is 11.3 Å². The van der Waals surface area contributed by atoms with Crippen molar-refractivity contribution >= 4 is 34.6 Å². The zero-order valence-electron chi connectivity index (χ0n) is 14.2. The highest BCUT2D eigenvalue weighted by Gasteiger charge is 2.07. The maximum atomic E-state index is 12.2. The number of thiophene rings is 1. The quantitative estimate of drug-likeness (QED) is 0.535. The second kappa shape index (κ2) is 7.76. The number of hydrogen-bond acceptors (Lipinski definition) is 6. The summed E-state index contributed by atoms with van der Waals surface area (Å²) in [6.07, 6.45) is 5.15. The monoisotopic (exact) mass is 373 g/mol. The summed E-state index contributed by atoms with van der Waals surface area (Å²) in [5, 5.41) is 9.75. The normalized spacial score (nSPS) is 10.4. The Morgan fingerprint density at radius 3 is 2.63 bits per heavy atom. The molecule has 4 rings (SSSR count). The van der Waals surface area contributed by atoms with Crippen LogP contribution in [0.3, 0.4) is 0 Å². The van der Waals surface area contributed by atoms with Crippen LogP contribution in [0.4, 0.5) is 17.3 Å². The number of pyridine rings is 1. The van der Waals surface area contributed by atoms with E-state index in [0.29, 0.717) is 17.2 Å². The van der Waals surface area contributed by atoms with Gasteiger partial charge >= 0.3 is 0 Å². The first-order chi connectivity index (χ1) is 13.3. The molecule has 0 aliphatic rings. The lowest BCUT2D eigenvalue weighted by molar-refractivity contribution is 0.102. The molecule has 0 bridgehead atoms. The minimum absolute atomic E-state index is 0.135. The molecule has 0 saturated heterocycles. The van der Waals surface area contributed by atoms with Crippen LogP contribution in [-0.2, 0) is 0 Å². The standard InChI is InChI=1S/C20H15N5OS/c26-19(15-7-11-27-13-15)23-16-2-1-3-17(12-16)24-20-22-10-6-18(25-20)14-4-8-21-9-5-14/h1-13H,(H,23,26)(H,22,24,25). The van der Waals surface area contributed by atoms with Gasteiger partial charge in [-0.1, -0.05) is 6.07 Å². The first-order valence-corrected chi connectivity index (χ1v) is 9.16. The number of carbonyl (C=O) groups excluding carboxylic acids is 1. The Morgan fingerprint density at radius 1 is 0.963 bits per heavy atom. The molecule has 0 aliphatic carbocycles. The molecule has 0 spiro atoms. The van der Waals surface area contributed by atoms with Crippen LogP contribution in [0.5, 0.6) is 0 Å². The maximum absolute atomic E-state index is 12.2. The third kappa shape index (κ3) is 4.16. The van der Waals surface area contributed by atoms with Gasteiger partial charge in [0.2, 0.25) is 5.95 Å². The fourth-order valence-electron chi connectivity index (χ4n) is 2.50. The number of nitrogens with one attached hydrogen (secondary N) is 2. The molecule has 27 heavy (non-hydrogen) atoms. The van der Waals surface area contributed by atoms with Crippen molar-refractivity contribution < 1.29 is 4.79 Å². The number of anilines is 3. The molecule has 6 nitrogen and oxygen atoms in total.